The van der Waals surface area contributed by atoms with Crippen LogP contribution >= 0.6 is 0 Å². The molecule has 1 saturated heterocycles. The Bertz CT molecular complexity index is 1140. The Morgan fingerprint density at radius 3 is 2.64 bits per heavy atom. The molecule has 36 heavy (non-hydrogen) atoms. The SMILES string of the molecule is COc1ccc(CCNC(=O)C23CCC2CN(C(=O)c2cc(NC(=O)OC(C)(C)C)cn2C)C3)cn1. The first-order chi connectivity index (χ1) is 17.0. The second-order valence-corrected chi connectivity index (χ2v) is 10.6. The predicted molar refractivity (Wildman–Crippen MR) is 134 cm³/mol. The number of methoxy groups -OCH3 is 1. The van der Waals surface area contributed by atoms with Crippen molar-refractivity contribution in [2.24, 2.45) is 18.4 Å². The first kappa shape index (κ1) is 25.5. The molecule has 1 aliphatic heterocycles. The molecular weight excluding hydrogens is 462 g/mol. The van der Waals surface area contributed by atoms with Gasteiger partial charge in [-0.05, 0) is 57.6 Å². The highest BCUT2D eigenvalue weighted by Crippen LogP contribution is 2.52. The molecule has 0 aromatic carbocycles. The number of likely N-dealkylation sites (tertiary alicyclic amines) is 1. The summed E-state index contributed by atoms with van der Waals surface area (Å²) in [5.41, 5.74) is 0.799. The van der Waals surface area contributed by atoms with Crippen molar-refractivity contribution in [2.45, 2.75) is 45.6 Å². The van der Waals surface area contributed by atoms with Crippen LogP contribution in [0.4, 0.5) is 10.5 Å². The normalized spacial score (nSPS) is 20.8. The van der Waals surface area contributed by atoms with Crippen molar-refractivity contribution in [1.82, 2.24) is 19.8 Å². The van der Waals surface area contributed by atoms with Gasteiger partial charge in [0.05, 0.1) is 18.2 Å². The van der Waals surface area contributed by atoms with Crippen LogP contribution in [0.1, 0.15) is 49.7 Å². The van der Waals surface area contributed by atoms with Crippen LogP contribution in [0.25, 0.3) is 0 Å². The average molecular weight is 498 g/mol. The molecule has 2 aromatic heterocycles. The molecule has 3 amide bonds. The highest BCUT2D eigenvalue weighted by molar-refractivity contribution is 5.96. The van der Waals surface area contributed by atoms with Crippen molar-refractivity contribution in [2.75, 3.05) is 32.1 Å². The zero-order valence-corrected chi connectivity index (χ0v) is 21.6. The molecule has 2 unspecified atom stereocenters. The molecule has 2 atom stereocenters. The molecular formula is C26H35N5O5. The number of anilines is 1. The molecule has 4 rings (SSSR count). The molecule has 2 aliphatic rings. The van der Waals surface area contributed by atoms with Crippen LogP contribution in [0.2, 0.25) is 0 Å². The number of hydrogen-bond acceptors (Lipinski definition) is 6. The fraction of sp³-hybridized carbons (Fsp3) is 0.538. The number of carbonyl (C=O) groups is 3. The Morgan fingerprint density at radius 2 is 2.03 bits per heavy atom. The minimum absolute atomic E-state index is 0.00897. The van der Waals surface area contributed by atoms with Gasteiger partial charge in [0, 0.05) is 45.1 Å². The third kappa shape index (κ3) is 5.32. The van der Waals surface area contributed by atoms with Crippen LogP contribution in [0.3, 0.4) is 0 Å². The van der Waals surface area contributed by atoms with Crippen molar-refractivity contribution in [3.63, 3.8) is 0 Å². The highest BCUT2D eigenvalue weighted by atomic mass is 16.6. The summed E-state index contributed by atoms with van der Waals surface area (Å²) in [6, 6.07) is 5.38. The first-order valence-electron chi connectivity index (χ1n) is 12.2. The van der Waals surface area contributed by atoms with Gasteiger partial charge in [0.1, 0.15) is 11.3 Å². The number of carbonyl (C=O) groups excluding carboxylic acids is 3. The summed E-state index contributed by atoms with van der Waals surface area (Å²) >= 11 is 0. The van der Waals surface area contributed by atoms with Crippen LogP contribution < -0.4 is 15.4 Å². The maximum Gasteiger partial charge on any atom is 0.412 e. The number of fused-ring (bicyclic) bond motifs is 1. The van der Waals surface area contributed by atoms with E-state index in [1.165, 1.54) is 0 Å². The molecule has 3 heterocycles. The summed E-state index contributed by atoms with van der Waals surface area (Å²) in [5, 5.41) is 5.75. The van der Waals surface area contributed by atoms with E-state index in [-0.39, 0.29) is 17.7 Å². The van der Waals surface area contributed by atoms with E-state index in [4.69, 9.17) is 9.47 Å². The van der Waals surface area contributed by atoms with E-state index < -0.39 is 17.1 Å². The number of ether oxygens (including phenoxy) is 2. The van der Waals surface area contributed by atoms with Gasteiger partial charge in [-0.2, -0.15) is 0 Å². The summed E-state index contributed by atoms with van der Waals surface area (Å²) in [4.78, 5) is 44.6. The number of aromatic nitrogens is 2. The van der Waals surface area contributed by atoms with Gasteiger partial charge in [-0.25, -0.2) is 9.78 Å². The summed E-state index contributed by atoms with van der Waals surface area (Å²) in [7, 11) is 3.33. The number of nitrogens with one attached hydrogen (secondary N) is 2. The Balaban J connectivity index is 1.34. The monoisotopic (exact) mass is 497 g/mol. The molecule has 10 heteroatoms. The van der Waals surface area contributed by atoms with Crippen LogP contribution in [0, 0.1) is 11.3 Å². The van der Waals surface area contributed by atoms with E-state index >= 15 is 0 Å². The Kier molecular flexibility index (Phi) is 6.97. The maximum absolute atomic E-state index is 13.3. The van der Waals surface area contributed by atoms with E-state index in [0.29, 0.717) is 43.3 Å². The average Bonchev–Trinajstić information content (AvgIpc) is 3.29. The molecule has 0 spiro atoms. The lowest BCUT2D eigenvalue weighted by Crippen LogP contribution is -2.52. The van der Waals surface area contributed by atoms with Gasteiger partial charge in [-0.15, -0.1) is 0 Å². The van der Waals surface area contributed by atoms with E-state index in [2.05, 4.69) is 15.6 Å². The quantitative estimate of drug-likeness (QED) is 0.608. The van der Waals surface area contributed by atoms with Gasteiger partial charge in [-0.1, -0.05) is 6.07 Å². The number of amides is 3. The van der Waals surface area contributed by atoms with Crippen LogP contribution in [-0.4, -0.2) is 64.7 Å². The second-order valence-electron chi connectivity index (χ2n) is 10.6. The lowest BCUT2D eigenvalue weighted by Gasteiger charge is -2.42. The summed E-state index contributed by atoms with van der Waals surface area (Å²) in [6.45, 7) is 6.82. The van der Waals surface area contributed by atoms with Gasteiger partial charge in [-0.3, -0.25) is 14.9 Å². The molecule has 1 aliphatic carbocycles. The van der Waals surface area contributed by atoms with Gasteiger partial charge < -0.3 is 24.3 Å². The number of aryl methyl sites for hydroxylation is 1. The van der Waals surface area contributed by atoms with Crippen LogP contribution in [0.5, 0.6) is 5.88 Å². The summed E-state index contributed by atoms with van der Waals surface area (Å²) < 4.78 is 12.1. The number of pyridine rings is 1. The van der Waals surface area contributed by atoms with Crippen molar-refractivity contribution < 1.29 is 23.9 Å². The van der Waals surface area contributed by atoms with Gasteiger partial charge in [0.2, 0.25) is 11.8 Å². The third-order valence-electron chi connectivity index (χ3n) is 6.95. The maximum atomic E-state index is 13.3. The number of nitrogens with zero attached hydrogens (tertiary/aromatic N) is 3. The lowest BCUT2D eigenvalue weighted by atomic mass is 9.61. The largest absolute Gasteiger partial charge is 0.481 e. The molecule has 194 valence electrons. The third-order valence-corrected chi connectivity index (χ3v) is 6.95. The molecule has 1 saturated carbocycles. The molecule has 10 nitrogen and oxygen atoms in total. The van der Waals surface area contributed by atoms with Gasteiger partial charge in [0.25, 0.3) is 5.91 Å². The van der Waals surface area contributed by atoms with Crippen molar-refractivity contribution in [3.8, 4) is 5.88 Å². The summed E-state index contributed by atoms with van der Waals surface area (Å²) in [5.74, 6) is 0.569. The Hall–Kier alpha value is -3.56. The molecule has 2 N–H and O–H groups in total. The molecule has 2 aromatic rings. The predicted octanol–water partition coefficient (Wildman–Crippen LogP) is 2.99. The van der Waals surface area contributed by atoms with E-state index in [0.717, 1.165) is 18.4 Å². The van der Waals surface area contributed by atoms with Crippen LogP contribution in [0.15, 0.2) is 30.6 Å². The van der Waals surface area contributed by atoms with Crippen molar-refractivity contribution >= 4 is 23.6 Å². The fourth-order valence-electron chi connectivity index (χ4n) is 4.97. The van der Waals surface area contributed by atoms with E-state index in [1.54, 1.807) is 68.9 Å². The highest BCUT2D eigenvalue weighted by Gasteiger charge is 2.58. The Labute approximate surface area is 211 Å². The summed E-state index contributed by atoms with van der Waals surface area (Å²) in [6.07, 6.45) is 5.22. The lowest BCUT2D eigenvalue weighted by molar-refractivity contribution is -0.138. The number of rotatable bonds is 7. The van der Waals surface area contributed by atoms with Crippen molar-refractivity contribution in [3.05, 3.63) is 41.9 Å². The molecule has 2 fully saturated rings. The zero-order valence-electron chi connectivity index (χ0n) is 21.6. The number of hydrogen-bond donors (Lipinski definition) is 2. The van der Waals surface area contributed by atoms with Gasteiger partial charge in [0.15, 0.2) is 0 Å². The van der Waals surface area contributed by atoms with Gasteiger partial charge >= 0.3 is 6.09 Å². The fourth-order valence-corrected chi connectivity index (χ4v) is 4.97. The topological polar surface area (TPSA) is 115 Å². The Morgan fingerprint density at radius 1 is 1.25 bits per heavy atom. The molecule has 0 bridgehead atoms. The van der Waals surface area contributed by atoms with Crippen molar-refractivity contribution in [1.29, 1.82) is 0 Å². The first-order valence-corrected chi connectivity index (χ1v) is 12.2. The minimum atomic E-state index is -0.618. The van der Waals surface area contributed by atoms with Crippen LogP contribution in [-0.2, 0) is 23.0 Å². The second kappa shape index (κ2) is 9.83. The zero-order chi connectivity index (χ0) is 26.1. The minimum Gasteiger partial charge on any atom is -0.481 e. The standard InChI is InChI=1S/C26H35N5O5/c1-25(2,3)36-24(34)29-19-12-20(30(4)15-19)22(32)31-14-18-8-10-26(18,16-31)23(33)27-11-9-17-6-7-21(35-5)28-13-17/h6-7,12-13,15,18H,8-11,14,16H2,1-5H3,(H,27,33)(H,29,34). The molecule has 0 radical (unpaired) electrons. The van der Waals surface area contributed by atoms with E-state index in [1.807, 2.05) is 6.07 Å². The smallest absolute Gasteiger partial charge is 0.412 e. The van der Waals surface area contributed by atoms with E-state index in [9.17, 15) is 14.4 Å².